The van der Waals surface area contributed by atoms with Crippen LogP contribution in [-0.2, 0) is 33.0 Å². The summed E-state index contributed by atoms with van der Waals surface area (Å²) in [5.41, 5.74) is 1.16. The van der Waals surface area contributed by atoms with Crippen LogP contribution in [0.5, 0.6) is 0 Å². The molecule has 1 fully saturated rings. The number of hydrogen-bond acceptors (Lipinski definition) is 4. The first-order valence-corrected chi connectivity index (χ1v) is 11.0. The summed E-state index contributed by atoms with van der Waals surface area (Å²) in [6.45, 7) is 5.16. The quantitative estimate of drug-likeness (QED) is 0.484. The third-order valence-corrected chi connectivity index (χ3v) is 6.05. The second-order valence-electron chi connectivity index (χ2n) is 8.31. The fraction of sp³-hybridized carbons (Fsp3) is 0.286. The highest BCUT2D eigenvalue weighted by Gasteiger charge is 2.50. The number of hydrogen-bond donors (Lipinski definition) is 1. The van der Waals surface area contributed by atoms with Gasteiger partial charge in [0.2, 0.25) is 0 Å². The van der Waals surface area contributed by atoms with E-state index >= 15 is 0 Å². The summed E-state index contributed by atoms with van der Waals surface area (Å²) >= 11 is 0. The Hall–Kier alpha value is -2.76. The maximum Gasteiger partial charge on any atom is 0.132 e. The molecule has 1 heterocycles. The summed E-state index contributed by atoms with van der Waals surface area (Å²) in [4.78, 5) is 0. The average molecular weight is 431 g/mol. The lowest BCUT2D eigenvalue weighted by atomic mass is 9.79. The van der Waals surface area contributed by atoms with Gasteiger partial charge in [0.25, 0.3) is 0 Å². The zero-order valence-corrected chi connectivity index (χ0v) is 18.2. The number of rotatable bonds is 9. The molecule has 3 aromatic rings. The van der Waals surface area contributed by atoms with Crippen molar-refractivity contribution >= 4 is 0 Å². The smallest absolute Gasteiger partial charge is 0.132 e. The molecule has 4 heteroatoms. The van der Waals surface area contributed by atoms with Crippen molar-refractivity contribution in [1.82, 2.24) is 0 Å². The minimum Gasteiger partial charge on any atom is -0.381 e. The predicted octanol–water partition coefficient (Wildman–Crippen LogP) is 5.02. The largest absolute Gasteiger partial charge is 0.381 e. The molecular formula is C28H30O4. The van der Waals surface area contributed by atoms with Crippen molar-refractivity contribution in [3.05, 3.63) is 120 Å². The molecule has 3 aromatic carbocycles. The molecule has 0 radical (unpaired) electrons. The van der Waals surface area contributed by atoms with Crippen LogP contribution in [0.1, 0.15) is 23.1 Å². The van der Waals surface area contributed by atoms with Crippen LogP contribution < -0.4 is 0 Å². The van der Waals surface area contributed by atoms with E-state index in [0.717, 1.165) is 16.7 Å². The summed E-state index contributed by atoms with van der Waals surface area (Å²) in [5.74, 6) is 0. The first-order valence-electron chi connectivity index (χ1n) is 11.0. The molecule has 1 N–H and O–H groups in total. The van der Waals surface area contributed by atoms with Gasteiger partial charge in [0.05, 0.1) is 32.5 Å². The van der Waals surface area contributed by atoms with Crippen LogP contribution in [0.15, 0.2) is 104 Å². The van der Waals surface area contributed by atoms with E-state index in [1.54, 1.807) is 0 Å². The van der Waals surface area contributed by atoms with Crippen LogP contribution in [0, 0.1) is 0 Å². The van der Waals surface area contributed by atoms with Crippen LogP contribution in [0.2, 0.25) is 0 Å². The Balaban J connectivity index is 1.55. The normalized spacial score (nSPS) is 25.3. The first kappa shape index (κ1) is 22.4. The van der Waals surface area contributed by atoms with Gasteiger partial charge >= 0.3 is 0 Å². The summed E-state index contributed by atoms with van der Waals surface area (Å²) in [6.07, 6.45) is 1.48. The van der Waals surface area contributed by atoms with Crippen LogP contribution in [0.4, 0.5) is 0 Å². The van der Waals surface area contributed by atoms with Crippen molar-refractivity contribution < 1.29 is 19.3 Å². The van der Waals surface area contributed by atoms with Gasteiger partial charge in [0.1, 0.15) is 11.2 Å². The molecular weight excluding hydrogens is 400 g/mol. The Morgan fingerprint density at radius 2 is 1.44 bits per heavy atom. The fourth-order valence-corrected chi connectivity index (χ4v) is 4.08. The second-order valence-corrected chi connectivity index (χ2v) is 8.31. The van der Waals surface area contributed by atoms with Crippen molar-refractivity contribution in [2.45, 2.75) is 36.9 Å². The molecule has 0 amide bonds. The summed E-state index contributed by atoms with van der Waals surface area (Å²) in [6, 6.07) is 30.1. The molecule has 0 saturated carbocycles. The molecule has 0 aliphatic carbocycles. The van der Waals surface area contributed by atoms with Crippen LogP contribution in [0.25, 0.3) is 0 Å². The van der Waals surface area contributed by atoms with Crippen molar-refractivity contribution in [2.24, 2.45) is 0 Å². The van der Waals surface area contributed by atoms with Crippen LogP contribution in [0.3, 0.4) is 0 Å². The molecule has 0 bridgehead atoms. The third kappa shape index (κ3) is 5.17. The summed E-state index contributed by atoms with van der Waals surface area (Å²) in [5, 5.41) is 11.2. The molecule has 4 rings (SSSR count). The zero-order valence-electron chi connectivity index (χ0n) is 18.2. The molecule has 166 valence electrons. The van der Waals surface area contributed by atoms with E-state index in [9.17, 15) is 5.11 Å². The standard InChI is InChI=1S/C28H30O4/c1-2-27(29)21-32-28(25-16-10-5-11-17-25,22-30-19-23-12-6-3-7-13-23)18-26(27)31-20-24-14-8-4-9-15-24/h2-17,26,29H,1,18-22H2/t26-,27+,28+/m0/s1. The van der Waals surface area contributed by atoms with Gasteiger partial charge in [-0.3, -0.25) is 0 Å². The first-order chi connectivity index (χ1) is 15.6. The zero-order chi connectivity index (χ0) is 22.3. The van der Waals surface area contributed by atoms with Crippen molar-refractivity contribution in [2.75, 3.05) is 13.2 Å². The Labute approximate surface area is 190 Å². The van der Waals surface area contributed by atoms with Crippen LogP contribution >= 0.6 is 0 Å². The molecule has 1 aliphatic heterocycles. The SMILES string of the molecule is C=C[C@@]1(O)CO[C@](COCc2ccccc2)(c2ccccc2)C[C@@H]1OCc1ccccc1. The highest BCUT2D eigenvalue weighted by atomic mass is 16.6. The van der Waals surface area contributed by atoms with Crippen molar-refractivity contribution in [3.63, 3.8) is 0 Å². The van der Waals surface area contributed by atoms with E-state index < -0.39 is 17.3 Å². The van der Waals surface area contributed by atoms with Gasteiger partial charge < -0.3 is 19.3 Å². The molecule has 32 heavy (non-hydrogen) atoms. The van der Waals surface area contributed by atoms with Crippen molar-refractivity contribution in [1.29, 1.82) is 0 Å². The maximum absolute atomic E-state index is 11.2. The predicted molar refractivity (Wildman–Crippen MR) is 125 cm³/mol. The maximum atomic E-state index is 11.2. The topological polar surface area (TPSA) is 47.9 Å². The molecule has 4 nitrogen and oxygen atoms in total. The molecule has 0 unspecified atom stereocenters. The van der Waals surface area contributed by atoms with E-state index in [0.29, 0.717) is 26.2 Å². The lowest BCUT2D eigenvalue weighted by Crippen LogP contribution is -2.57. The van der Waals surface area contributed by atoms with Gasteiger partial charge in [-0.25, -0.2) is 0 Å². The molecule has 0 spiro atoms. The third-order valence-electron chi connectivity index (χ3n) is 6.05. The van der Waals surface area contributed by atoms with Crippen molar-refractivity contribution in [3.8, 4) is 0 Å². The van der Waals surface area contributed by atoms with Gasteiger partial charge in [-0.15, -0.1) is 6.58 Å². The Morgan fingerprint density at radius 3 is 2.03 bits per heavy atom. The van der Waals surface area contributed by atoms with Gasteiger partial charge in [0, 0.05) is 6.42 Å². The van der Waals surface area contributed by atoms with E-state index in [-0.39, 0.29) is 6.61 Å². The monoisotopic (exact) mass is 430 g/mol. The minimum absolute atomic E-state index is 0.0829. The lowest BCUT2D eigenvalue weighted by Gasteiger charge is -2.47. The van der Waals surface area contributed by atoms with Crippen LogP contribution in [-0.4, -0.2) is 30.0 Å². The number of aliphatic hydroxyl groups is 1. The molecule has 3 atom stereocenters. The van der Waals surface area contributed by atoms with Gasteiger partial charge in [-0.2, -0.15) is 0 Å². The highest BCUT2D eigenvalue weighted by Crippen LogP contribution is 2.41. The number of benzene rings is 3. The molecule has 0 aromatic heterocycles. The Bertz CT molecular complexity index is 976. The Kier molecular flexibility index (Phi) is 7.18. The van der Waals surface area contributed by atoms with E-state index in [4.69, 9.17) is 14.2 Å². The van der Waals surface area contributed by atoms with E-state index in [1.165, 1.54) is 6.08 Å². The van der Waals surface area contributed by atoms with Gasteiger partial charge in [-0.1, -0.05) is 97.1 Å². The number of ether oxygens (including phenoxy) is 3. The fourth-order valence-electron chi connectivity index (χ4n) is 4.08. The Morgan fingerprint density at radius 1 is 0.875 bits per heavy atom. The minimum atomic E-state index is -1.27. The van der Waals surface area contributed by atoms with E-state index in [1.807, 2.05) is 91.0 Å². The lowest BCUT2D eigenvalue weighted by molar-refractivity contribution is -0.237. The average Bonchev–Trinajstić information content (AvgIpc) is 2.86. The summed E-state index contributed by atoms with van der Waals surface area (Å²) in [7, 11) is 0. The van der Waals surface area contributed by atoms with Gasteiger partial charge in [0.15, 0.2) is 0 Å². The second kappa shape index (κ2) is 10.2. The molecule has 1 aliphatic rings. The van der Waals surface area contributed by atoms with Gasteiger partial charge in [-0.05, 0) is 16.7 Å². The van der Waals surface area contributed by atoms with E-state index in [2.05, 4.69) is 6.58 Å². The summed E-state index contributed by atoms with van der Waals surface area (Å²) < 4.78 is 18.8. The molecule has 1 saturated heterocycles. The highest BCUT2D eigenvalue weighted by molar-refractivity contribution is 5.26.